The molecule has 0 saturated heterocycles. The Kier molecular flexibility index (Phi) is 3.89. The van der Waals surface area contributed by atoms with E-state index in [1.54, 1.807) is 18.2 Å². The van der Waals surface area contributed by atoms with Crippen molar-refractivity contribution in [2.45, 2.75) is 12.8 Å². The molecule has 0 aromatic heterocycles. The van der Waals surface area contributed by atoms with Crippen molar-refractivity contribution in [2.75, 3.05) is 6.61 Å². The third kappa shape index (κ3) is 3.20. The molecule has 0 fully saturated rings. The summed E-state index contributed by atoms with van der Waals surface area (Å²) in [5.41, 5.74) is 0. The van der Waals surface area contributed by atoms with E-state index in [1.807, 2.05) is 12.1 Å². The van der Waals surface area contributed by atoms with Crippen LogP contribution in [0.3, 0.4) is 0 Å². The van der Waals surface area contributed by atoms with Crippen LogP contribution in [0.15, 0.2) is 36.9 Å². The summed E-state index contributed by atoms with van der Waals surface area (Å²) in [7, 11) is 0. The predicted molar refractivity (Wildman–Crippen MR) is 53.0 cm³/mol. The normalized spacial score (nSPS) is 9.54. The van der Waals surface area contributed by atoms with Crippen molar-refractivity contribution in [3.63, 3.8) is 0 Å². The van der Waals surface area contributed by atoms with Crippen LogP contribution in [-0.4, -0.2) is 11.7 Å². The van der Waals surface area contributed by atoms with Gasteiger partial charge in [0.05, 0.1) is 6.61 Å². The second-order valence-electron chi connectivity index (χ2n) is 2.75. The fourth-order valence-electron chi connectivity index (χ4n) is 0.989. The number of ether oxygens (including phenoxy) is 1. The van der Waals surface area contributed by atoms with Gasteiger partial charge in [0, 0.05) is 0 Å². The summed E-state index contributed by atoms with van der Waals surface area (Å²) in [5, 5.41) is 9.32. The number of hydrogen-bond donors (Lipinski definition) is 1. The molecular formula is C11H14O2. The molecule has 2 heteroatoms. The maximum Gasteiger partial charge on any atom is 0.160 e. The third-order valence-electron chi connectivity index (χ3n) is 1.68. The molecule has 0 aliphatic heterocycles. The highest BCUT2D eigenvalue weighted by molar-refractivity contribution is 5.37. The van der Waals surface area contributed by atoms with Gasteiger partial charge in [0.2, 0.25) is 0 Å². The second-order valence-corrected chi connectivity index (χ2v) is 2.75. The summed E-state index contributed by atoms with van der Waals surface area (Å²) in [5.74, 6) is 0.743. The Morgan fingerprint density at radius 1 is 1.38 bits per heavy atom. The highest BCUT2D eigenvalue weighted by Gasteiger charge is 1.98. The fourth-order valence-corrected chi connectivity index (χ4v) is 0.989. The van der Waals surface area contributed by atoms with Gasteiger partial charge in [0.25, 0.3) is 0 Å². The number of allylic oxidation sites excluding steroid dienone is 1. The first-order valence-corrected chi connectivity index (χ1v) is 4.36. The zero-order chi connectivity index (χ0) is 9.52. The Bertz CT molecular complexity index is 269. The first kappa shape index (κ1) is 9.65. The van der Waals surface area contributed by atoms with Gasteiger partial charge in [-0.05, 0) is 25.0 Å². The maximum atomic E-state index is 9.32. The summed E-state index contributed by atoms with van der Waals surface area (Å²) < 4.78 is 5.34. The van der Waals surface area contributed by atoms with Gasteiger partial charge in [0.15, 0.2) is 11.5 Å². The molecule has 70 valence electrons. The summed E-state index contributed by atoms with van der Waals surface area (Å²) in [6, 6.07) is 6.97. The number of phenolic OH excluding ortho intramolecular Hbond substituents is 1. The molecule has 0 saturated carbocycles. The first-order chi connectivity index (χ1) is 6.34. The van der Waals surface area contributed by atoms with Crippen molar-refractivity contribution < 1.29 is 9.84 Å². The van der Waals surface area contributed by atoms with E-state index >= 15 is 0 Å². The monoisotopic (exact) mass is 178 g/mol. The van der Waals surface area contributed by atoms with Crippen LogP contribution in [0.4, 0.5) is 0 Å². The van der Waals surface area contributed by atoms with Crippen LogP contribution in [0.2, 0.25) is 0 Å². The van der Waals surface area contributed by atoms with Crippen molar-refractivity contribution in [3.05, 3.63) is 36.9 Å². The first-order valence-electron chi connectivity index (χ1n) is 4.36. The van der Waals surface area contributed by atoms with Crippen molar-refractivity contribution in [3.8, 4) is 11.5 Å². The van der Waals surface area contributed by atoms with Crippen LogP contribution in [0.1, 0.15) is 12.8 Å². The molecule has 0 aliphatic carbocycles. The van der Waals surface area contributed by atoms with Crippen LogP contribution in [0.5, 0.6) is 11.5 Å². The van der Waals surface area contributed by atoms with Gasteiger partial charge in [-0.25, -0.2) is 0 Å². The SMILES string of the molecule is C=CCCCOc1ccccc1O. The molecule has 13 heavy (non-hydrogen) atoms. The van der Waals surface area contributed by atoms with E-state index in [0.717, 1.165) is 12.8 Å². The molecule has 1 aromatic rings. The van der Waals surface area contributed by atoms with E-state index in [4.69, 9.17) is 4.74 Å². The van der Waals surface area contributed by atoms with Gasteiger partial charge in [-0.3, -0.25) is 0 Å². The van der Waals surface area contributed by atoms with Gasteiger partial charge in [-0.15, -0.1) is 6.58 Å². The van der Waals surface area contributed by atoms with Gasteiger partial charge in [-0.1, -0.05) is 18.2 Å². The van der Waals surface area contributed by atoms with Gasteiger partial charge >= 0.3 is 0 Å². The van der Waals surface area contributed by atoms with Gasteiger partial charge < -0.3 is 9.84 Å². The van der Waals surface area contributed by atoms with E-state index in [1.165, 1.54) is 0 Å². The fraction of sp³-hybridized carbons (Fsp3) is 0.273. The lowest BCUT2D eigenvalue weighted by Gasteiger charge is -2.06. The molecule has 0 unspecified atom stereocenters. The molecule has 0 bridgehead atoms. The predicted octanol–water partition coefficient (Wildman–Crippen LogP) is 2.74. The summed E-state index contributed by atoms with van der Waals surface area (Å²) >= 11 is 0. The van der Waals surface area contributed by atoms with Crippen molar-refractivity contribution in [1.29, 1.82) is 0 Å². The molecular weight excluding hydrogens is 164 g/mol. The number of phenols is 1. The molecule has 0 atom stereocenters. The maximum absolute atomic E-state index is 9.32. The number of para-hydroxylation sites is 2. The lowest BCUT2D eigenvalue weighted by molar-refractivity contribution is 0.295. The standard InChI is InChI=1S/C11H14O2/c1-2-3-6-9-13-11-8-5-4-7-10(11)12/h2,4-5,7-8,12H,1,3,6,9H2. The third-order valence-corrected chi connectivity index (χ3v) is 1.68. The van der Waals surface area contributed by atoms with Crippen LogP contribution in [0.25, 0.3) is 0 Å². The van der Waals surface area contributed by atoms with E-state index in [2.05, 4.69) is 6.58 Å². The molecule has 1 N–H and O–H groups in total. The Morgan fingerprint density at radius 3 is 2.85 bits per heavy atom. The number of aromatic hydroxyl groups is 1. The number of unbranched alkanes of at least 4 members (excludes halogenated alkanes) is 1. The van der Waals surface area contributed by atoms with Gasteiger partial charge in [-0.2, -0.15) is 0 Å². The minimum absolute atomic E-state index is 0.195. The van der Waals surface area contributed by atoms with Gasteiger partial charge in [0.1, 0.15) is 0 Å². The van der Waals surface area contributed by atoms with Crippen molar-refractivity contribution in [2.24, 2.45) is 0 Å². The van der Waals surface area contributed by atoms with E-state index in [-0.39, 0.29) is 5.75 Å². The topological polar surface area (TPSA) is 29.5 Å². The molecule has 1 rings (SSSR count). The highest BCUT2D eigenvalue weighted by Crippen LogP contribution is 2.24. The van der Waals surface area contributed by atoms with Crippen LogP contribution >= 0.6 is 0 Å². The van der Waals surface area contributed by atoms with Crippen molar-refractivity contribution >= 4 is 0 Å². The second kappa shape index (κ2) is 5.25. The average Bonchev–Trinajstić information content (AvgIpc) is 2.15. The summed E-state index contributed by atoms with van der Waals surface area (Å²) in [6.07, 6.45) is 3.72. The highest BCUT2D eigenvalue weighted by atomic mass is 16.5. The minimum Gasteiger partial charge on any atom is -0.504 e. The molecule has 2 nitrogen and oxygen atoms in total. The number of hydrogen-bond acceptors (Lipinski definition) is 2. The quantitative estimate of drug-likeness (QED) is 0.555. The zero-order valence-electron chi connectivity index (χ0n) is 7.57. The molecule has 0 heterocycles. The minimum atomic E-state index is 0.195. The number of benzene rings is 1. The Morgan fingerprint density at radius 2 is 2.15 bits per heavy atom. The van der Waals surface area contributed by atoms with E-state index in [9.17, 15) is 5.11 Å². The molecule has 0 amide bonds. The zero-order valence-corrected chi connectivity index (χ0v) is 7.57. The van der Waals surface area contributed by atoms with E-state index < -0.39 is 0 Å². The molecule has 1 aromatic carbocycles. The van der Waals surface area contributed by atoms with Crippen LogP contribution in [-0.2, 0) is 0 Å². The van der Waals surface area contributed by atoms with Crippen LogP contribution in [0, 0.1) is 0 Å². The largest absolute Gasteiger partial charge is 0.504 e. The number of rotatable bonds is 5. The lowest BCUT2D eigenvalue weighted by Crippen LogP contribution is -1.96. The summed E-state index contributed by atoms with van der Waals surface area (Å²) in [6.45, 7) is 4.23. The molecule has 0 aliphatic rings. The molecule has 0 radical (unpaired) electrons. The smallest absolute Gasteiger partial charge is 0.160 e. The Hall–Kier alpha value is -1.44. The van der Waals surface area contributed by atoms with Crippen LogP contribution < -0.4 is 4.74 Å². The average molecular weight is 178 g/mol. The van der Waals surface area contributed by atoms with Crippen molar-refractivity contribution in [1.82, 2.24) is 0 Å². The Labute approximate surface area is 78.5 Å². The Balaban J connectivity index is 2.36. The summed E-state index contributed by atoms with van der Waals surface area (Å²) in [4.78, 5) is 0. The van der Waals surface area contributed by atoms with E-state index in [0.29, 0.717) is 12.4 Å². The lowest BCUT2D eigenvalue weighted by atomic mass is 10.3. The molecule has 0 spiro atoms.